The Labute approximate surface area is 89.4 Å². The molecule has 3 N–H and O–H groups in total. The Morgan fingerprint density at radius 2 is 2.13 bits per heavy atom. The van der Waals surface area contributed by atoms with Gasteiger partial charge in [-0.1, -0.05) is 30.3 Å². The van der Waals surface area contributed by atoms with Crippen LogP contribution in [0.15, 0.2) is 30.3 Å². The molecule has 0 aliphatic carbocycles. The van der Waals surface area contributed by atoms with Crippen LogP contribution in [-0.2, 0) is 9.53 Å². The highest BCUT2D eigenvalue weighted by Gasteiger charge is 2.18. The van der Waals surface area contributed by atoms with Crippen LogP contribution in [0.1, 0.15) is 11.7 Å². The minimum atomic E-state index is -0.558. The van der Waals surface area contributed by atoms with E-state index in [4.69, 9.17) is 10.5 Å². The Morgan fingerprint density at radius 1 is 1.47 bits per heavy atom. The predicted octanol–water partition coefficient (Wildman–Crippen LogP) is 0.449. The molecule has 1 aromatic carbocycles. The highest BCUT2D eigenvalue weighted by molar-refractivity contribution is 5.82. The van der Waals surface area contributed by atoms with Crippen molar-refractivity contribution in [2.45, 2.75) is 6.10 Å². The zero-order chi connectivity index (χ0) is 11.1. The summed E-state index contributed by atoms with van der Waals surface area (Å²) in [4.78, 5) is 11.6. The Bertz CT molecular complexity index is 301. The van der Waals surface area contributed by atoms with E-state index < -0.39 is 6.10 Å². The Hall–Kier alpha value is -1.39. The lowest BCUT2D eigenvalue weighted by Gasteiger charge is -2.15. The van der Waals surface area contributed by atoms with Crippen molar-refractivity contribution in [2.75, 3.05) is 20.2 Å². The summed E-state index contributed by atoms with van der Waals surface area (Å²) >= 11 is 0. The molecule has 4 heteroatoms. The second-order valence-electron chi connectivity index (χ2n) is 3.11. The van der Waals surface area contributed by atoms with Gasteiger partial charge in [0.1, 0.15) is 0 Å². The molecule has 0 spiro atoms. The number of carbonyl (C=O) groups excluding carboxylic acids is 1. The first-order chi connectivity index (χ1) is 7.29. The van der Waals surface area contributed by atoms with Gasteiger partial charge in [0.15, 0.2) is 6.10 Å². The van der Waals surface area contributed by atoms with E-state index in [1.807, 2.05) is 30.3 Å². The third kappa shape index (κ3) is 3.34. The van der Waals surface area contributed by atoms with Crippen molar-refractivity contribution in [3.63, 3.8) is 0 Å². The van der Waals surface area contributed by atoms with Gasteiger partial charge in [-0.25, -0.2) is 0 Å². The maximum Gasteiger partial charge on any atom is 0.253 e. The molecule has 0 fully saturated rings. The molecule has 0 aliphatic rings. The normalized spacial score (nSPS) is 12.1. The van der Waals surface area contributed by atoms with Crippen molar-refractivity contribution in [3.8, 4) is 0 Å². The van der Waals surface area contributed by atoms with E-state index in [2.05, 4.69) is 5.32 Å². The van der Waals surface area contributed by atoms with Gasteiger partial charge >= 0.3 is 0 Å². The SMILES string of the molecule is COC(C(=O)NCCN)c1ccccc1. The summed E-state index contributed by atoms with van der Waals surface area (Å²) in [5.41, 5.74) is 6.14. The number of amides is 1. The van der Waals surface area contributed by atoms with Crippen LogP contribution in [0.3, 0.4) is 0 Å². The molecular formula is C11H16N2O2. The van der Waals surface area contributed by atoms with Crippen LogP contribution in [0.5, 0.6) is 0 Å². The number of ether oxygens (including phenoxy) is 1. The van der Waals surface area contributed by atoms with Crippen molar-refractivity contribution < 1.29 is 9.53 Å². The fraction of sp³-hybridized carbons (Fsp3) is 0.364. The molecule has 15 heavy (non-hydrogen) atoms. The molecule has 4 nitrogen and oxygen atoms in total. The second kappa shape index (κ2) is 6.16. The topological polar surface area (TPSA) is 64.3 Å². The summed E-state index contributed by atoms with van der Waals surface area (Å²) in [7, 11) is 1.51. The maximum atomic E-state index is 11.6. The Morgan fingerprint density at radius 3 is 2.67 bits per heavy atom. The molecule has 1 atom stereocenters. The van der Waals surface area contributed by atoms with Gasteiger partial charge in [-0.05, 0) is 5.56 Å². The number of hydrogen-bond acceptors (Lipinski definition) is 3. The van der Waals surface area contributed by atoms with E-state index in [-0.39, 0.29) is 5.91 Å². The largest absolute Gasteiger partial charge is 0.367 e. The van der Waals surface area contributed by atoms with Crippen LogP contribution < -0.4 is 11.1 Å². The van der Waals surface area contributed by atoms with E-state index in [1.54, 1.807) is 0 Å². The van der Waals surface area contributed by atoms with Crippen molar-refractivity contribution in [1.82, 2.24) is 5.32 Å². The first kappa shape index (κ1) is 11.7. The van der Waals surface area contributed by atoms with E-state index in [0.29, 0.717) is 13.1 Å². The van der Waals surface area contributed by atoms with Gasteiger partial charge in [0.25, 0.3) is 5.91 Å². The molecule has 1 rings (SSSR count). The van der Waals surface area contributed by atoms with Crippen LogP contribution in [0, 0.1) is 0 Å². The number of nitrogens with one attached hydrogen (secondary N) is 1. The molecule has 0 saturated carbocycles. The molecule has 0 aromatic heterocycles. The number of nitrogens with two attached hydrogens (primary N) is 1. The quantitative estimate of drug-likeness (QED) is 0.738. The summed E-state index contributed by atoms with van der Waals surface area (Å²) in [5.74, 6) is -0.158. The third-order valence-electron chi connectivity index (χ3n) is 2.02. The summed E-state index contributed by atoms with van der Waals surface area (Å²) in [6.07, 6.45) is -0.558. The highest BCUT2D eigenvalue weighted by Crippen LogP contribution is 2.15. The molecule has 0 radical (unpaired) electrons. The van der Waals surface area contributed by atoms with E-state index in [0.717, 1.165) is 5.56 Å². The Kier molecular flexibility index (Phi) is 4.80. The van der Waals surface area contributed by atoms with Gasteiger partial charge in [-0.15, -0.1) is 0 Å². The lowest BCUT2D eigenvalue weighted by Crippen LogP contribution is -2.34. The van der Waals surface area contributed by atoms with Gasteiger partial charge in [-0.2, -0.15) is 0 Å². The molecule has 1 unspecified atom stereocenters. The van der Waals surface area contributed by atoms with E-state index in [1.165, 1.54) is 7.11 Å². The van der Waals surface area contributed by atoms with Gasteiger partial charge in [-0.3, -0.25) is 4.79 Å². The monoisotopic (exact) mass is 208 g/mol. The van der Waals surface area contributed by atoms with Crippen LogP contribution >= 0.6 is 0 Å². The fourth-order valence-corrected chi connectivity index (χ4v) is 1.31. The van der Waals surface area contributed by atoms with E-state index >= 15 is 0 Å². The standard InChI is InChI=1S/C11H16N2O2/c1-15-10(11(14)13-8-7-12)9-5-3-2-4-6-9/h2-6,10H,7-8,12H2,1H3,(H,13,14). The van der Waals surface area contributed by atoms with Crippen molar-refractivity contribution >= 4 is 5.91 Å². The summed E-state index contributed by atoms with van der Waals surface area (Å²) in [5, 5.41) is 2.69. The maximum absolute atomic E-state index is 11.6. The predicted molar refractivity (Wildman–Crippen MR) is 58.3 cm³/mol. The number of benzene rings is 1. The first-order valence-electron chi connectivity index (χ1n) is 4.85. The van der Waals surface area contributed by atoms with Crippen LogP contribution in [0.25, 0.3) is 0 Å². The van der Waals surface area contributed by atoms with Gasteiger partial charge < -0.3 is 15.8 Å². The van der Waals surface area contributed by atoms with Crippen LogP contribution in [-0.4, -0.2) is 26.1 Å². The lowest BCUT2D eigenvalue weighted by atomic mass is 10.1. The van der Waals surface area contributed by atoms with E-state index in [9.17, 15) is 4.79 Å². The highest BCUT2D eigenvalue weighted by atomic mass is 16.5. The average Bonchev–Trinajstić information content (AvgIpc) is 2.29. The molecule has 0 heterocycles. The molecule has 0 aliphatic heterocycles. The number of methoxy groups -OCH3 is 1. The van der Waals surface area contributed by atoms with Crippen molar-refractivity contribution in [2.24, 2.45) is 5.73 Å². The second-order valence-corrected chi connectivity index (χ2v) is 3.11. The lowest BCUT2D eigenvalue weighted by molar-refractivity contribution is -0.131. The van der Waals surface area contributed by atoms with Gasteiger partial charge in [0.2, 0.25) is 0 Å². The van der Waals surface area contributed by atoms with Crippen LogP contribution in [0.2, 0.25) is 0 Å². The molecule has 82 valence electrons. The van der Waals surface area contributed by atoms with Gasteiger partial charge in [0.05, 0.1) is 0 Å². The van der Waals surface area contributed by atoms with Gasteiger partial charge in [0, 0.05) is 20.2 Å². The minimum absolute atomic E-state index is 0.158. The fourth-order valence-electron chi connectivity index (χ4n) is 1.31. The molecule has 1 amide bonds. The average molecular weight is 208 g/mol. The first-order valence-corrected chi connectivity index (χ1v) is 4.85. The molecule has 0 bridgehead atoms. The Balaban J connectivity index is 2.67. The molecule has 1 aromatic rings. The van der Waals surface area contributed by atoms with Crippen LogP contribution in [0.4, 0.5) is 0 Å². The number of carbonyl (C=O) groups is 1. The summed E-state index contributed by atoms with van der Waals surface area (Å²) in [6.45, 7) is 0.891. The zero-order valence-electron chi connectivity index (χ0n) is 8.77. The van der Waals surface area contributed by atoms with Crippen molar-refractivity contribution in [1.29, 1.82) is 0 Å². The number of rotatable bonds is 5. The zero-order valence-corrected chi connectivity index (χ0v) is 8.77. The number of hydrogen-bond donors (Lipinski definition) is 2. The summed E-state index contributed by atoms with van der Waals surface area (Å²) < 4.78 is 5.14. The smallest absolute Gasteiger partial charge is 0.253 e. The molecular weight excluding hydrogens is 192 g/mol. The minimum Gasteiger partial charge on any atom is -0.367 e. The van der Waals surface area contributed by atoms with Crippen molar-refractivity contribution in [3.05, 3.63) is 35.9 Å². The summed E-state index contributed by atoms with van der Waals surface area (Å²) in [6, 6.07) is 9.36. The molecule has 0 saturated heterocycles. The third-order valence-corrected chi connectivity index (χ3v) is 2.02.